The van der Waals surface area contributed by atoms with Crippen LogP contribution in [0.2, 0.25) is 0 Å². The summed E-state index contributed by atoms with van der Waals surface area (Å²) in [7, 11) is 0. The van der Waals surface area contributed by atoms with Crippen LogP contribution in [0, 0.1) is 45.3 Å². The molecule has 9 heteroatoms. The van der Waals surface area contributed by atoms with Crippen LogP contribution in [0.4, 0.5) is 0 Å². The molecule has 0 bridgehead atoms. The summed E-state index contributed by atoms with van der Waals surface area (Å²) in [5, 5.41) is 44.3. The summed E-state index contributed by atoms with van der Waals surface area (Å²) in [4.78, 5) is 15.8. The van der Waals surface area contributed by atoms with Crippen molar-refractivity contribution in [2.75, 3.05) is 0 Å². The molecule has 350 valence electrons. The molecule has 3 heterocycles. The Bertz CT molecular complexity index is 4420. The first-order chi connectivity index (χ1) is 37.5. The van der Waals surface area contributed by atoms with Crippen LogP contribution in [0.15, 0.2) is 224 Å². The van der Waals surface area contributed by atoms with Gasteiger partial charge in [0.15, 0.2) is 17.5 Å². The largest absolute Gasteiger partial charge is 0.309 e. The van der Waals surface area contributed by atoms with Gasteiger partial charge in [-0.05, 0) is 118 Å². The smallest absolute Gasteiger partial charge is 0.166 e. The van der Waals surface area contributed by atoms with Crippen LogP contribution in [-0.4, -0.2) is 24.1 Å². The van der Waals surface area contributed by atoms with E-state index in [1.165, 1.54) is 0 Å². The standard InChI is InChI=1S/C67H37N9/c68-38-42-29-43(39-69)32-51(31-42)48-23-26-55-56-27-24-49(52-33-44(40-70)30-45(34-52)41-71)37-63(56)76(62(55)36-48)60-28-25-50(54-20-12-22-61-64(54)57-19-10-11-21-59(57)75(61)53-17-8-3-9-18-53)35-58(60)67-73-65(46-13-4-1-5-14-46)72-66(74-67)47-15-6-2-7-16-47/h1-37H. The van der Waals surface area contributed by atoms with E-state index in [-0.39, 0.29) is 0 Å². The monoisotopic (exact) mass is 967 g/mol. The Labute approximate surface area is 436 Å². The van der Waals surface area contributed by atoms with Gasteiger partial charge in [-0.2, -0.15) is 21.0 Å². The number of rotatable bonds is 8. The lowest BCUT2D eigenvalue weighted by Crippen LogP contribution is -2.04. The van der Waals surface area contributed by atoms with Crippen LogP contribution >= 0.6 is 0 Å². The zero-order valence-corrected chi connectivity index (χ0v) is 40.4. The molecule has 0 aliphatic heterocycles. The lowest BCUT2D eigenvalue weighted by molar-refractivity contribution is 1.06. The van der Waals surface area contributed by atoms with Gasteiger partial charge in [-0.15, -0.1) is 0 Å². The van der Waals surface area contributed by atoms with E-state index in [1.54, 1.807) is 36.4 Å². The molecule has 0 aliphatic rings. The molecule has 0 atom stereocenters. The van der Waals surface area contributed by atoms with Crippen LogP contribution in [0.1, 0.15) is 22.3 Å². The van der Waals surface area contributed by atoms with Crippen molar-refractivity contribution < 1.29 is 0 Å². The highest BCUT2D eigenvalue weighted by Gasteiger charge is 2.24. The van der Waals surface area contributed by atoms with E-state index >= 15 is 0 Å². The lowest BCUT2D eigenvalue weighted by atomic mass is 9.96. The summed E-state index contributed by atoms with van der Waals surface area (Å²) in [5.41, 5.74) is 14.6. The molecule has 0 aliphatic carbocycles. The summed E-state index contributed by atoms with van der Waals surface area (Å²) in [6.45, 7) is 0. The van der Waals surface area contributed by atoms with Crippen molar-refractivity contribution in [3.8, 4) is 103 Å². The van der Waals surface area contributed by atoms with Crippen molar-refractivity contribution in [1.82, 2.24) is 24.1 Å². The third kappa shape index (κ3) is 7.66. The molecule has 0 radical (unpaired) electrons. The second-order valence-corrected chi connectivity index (χ2v) is 18.5. The van der Waals surface area contributed by atoms with Crippen LogP contribution in [-0.2, 0) is 0 Å². The van der Waals surface area contributed by atoms with Crippen molar-refractivity contribution in [2.24, 2.45) is 0 Å². The Morgan fingerprint density at radius 2 is 0.763 bits per heavy atom. The molecule has 13 rings (SSSR count). The fraction of sp³-hybridized carbons (Fsp3) is 0. The number of hydrogen-bond donors (Lipinski definition) is 0. The van der Waals surface area contributed by atoms with Gasteiger partial charge in [0, 0.05) is 43.9 Å². The van der Waals surface area contributed by atoms with Crippen LogP contribution in [0.3, 0.4) is 0 Å². The summed E-state index contributed by atoms with van der Waals surface area (Å²) < 4.78 is 4.55. The zero-order chi connectivity index (χ0) is 51.3. The van der Waals surface area contributed by atoms with Crippen molar-refractivity contribution >= 4 is 43.6 Å². The van der Waals surface area contributed by atoms with Gasteiger partial charge >= 0.3 is 0 Å². The minimum Gasteiger partial charge on any atom is -0.309 e. The third-order valence-corrected chi connectivity index (χ3v) is 14.0. The van der Waals surface area contributed by atoms with E-state index in [9.17, 15) is 21.0 Å². The Balaban J connectivity index is 1.15. The van der Waals surface area contributed by atoms with Gasteiger partial charge in [-0.3, -0.25) is 0 Å². The van der Waals surface area contributed by atoms with Crippen molar-refractivity contribution in [2.45, 2.75) is 0 Å². The number of para-hydroxylation sites is 2. The minimum absolute atomic E-state index is 0.383. The topological polar surface area (TPSA) is 144 Å². The number of aromatic nitrogens is 5. The van der Waals surface area contributed by atoms with E-state index in [2.05, 4.69) is 143 Å². The first-order valence-electron chi connectivity index (χ1n) is 24.6. The summed E-state index contributed by atoms with van der Waals surface area (Å²) in [6.07, 6.45) is 0. The average Bonchev–Trinajstić information content (AvgIpc) is 4.11. The summed E-state index contributed by atoms with van der Waals surface area (Å²) in [5.74, 6) is 1.47. The van der Waals surface area contributed by atoms with Gasteiger partial charge in [0.2, 0.25) is 0 Å². The molecule has 9 nitrogen and oxygen atoms in total. The van der Waals surface area contributed by atoms with Crippen molar-refractivity contribution in [3.05, 3.63) is 247 Å². The molecule has 0 spiro atoms. The normalized spacial score (nSPS) is 11.1. The van der Waals surface area contributed by atoms with E-state index in [1.807, 2.05) is 78.9 Å². The molecule has 13 aromatic rings. The molecular weight excluding hydrogens is 931 g/mol. The third-order valence-electron chi connectivity index (χ3n) is 14.0. The molecule has 0 amide bonds. The molecule has 0 saturated carbocycles. The number of hydrogen-bond acceptors (Lipinski definition) is 7. The molecule has 76 heavy (non-hydrogen) atoms. The quantitative estimate of drug-likeness (QED) is 0.147. The maximum absolute atomic E-state index is 10.0. The molecular formula is C67H37N9. The van der Waals surface area contributed by atoms with Gasteiger partial charge in [0.25, 0.3) is 0 Å². The van der Waals surface area contributed by atoms with Gasteiger partial charge in [0.1, 0.15) is 0 Å². The summed E-state index contributed by atoms with van der Waals surface area (Å²) in [6, 6.07) is 83.5. The zero-order valence-electron chi connectivity index (χ0n) is 40.4. The predicted octanol–water partition coefficient (Wildman–Crippen LogP) is 15.6. The van der Waals surface area contributed by atoms with E-state index in [0.29, 0.717) is 39.7 Å². The maximum Gasteiger partial charge on any atom is 0.166 e. The molecule has 10 aromatic carbocycles. The Hall–Kier alpha value is -11.2. The number of fused-ring (bicyclic) bond motifs is 6. The second-order valence-electron chi connectivity index (χ2n) is 18.5. The van der Waals surface area contributed by atoms with Gasteiger partial charge in [0.05, 0.1) is 74.3 Å². The average molecular weight is 968 g/mol. The molecule has 0 N–H and O–H groups in total. The van der Waals surface area contributed by atoms with Crippen molar-refractivity contribution in [1.29, 1.82) is 21.0 Å². The minimum atomic E-state index is 0.383. The molecule has 0 unspecified atom stereocenters. The maximum atomic E-state index is 10.0. The highest BCUT2D eigenvalue weighted by atomic mass is 15.1. The number of nitriles is 4. The fourth-order valence-electron chi connectivity index (χ4n) is 10.6. The fourth-order valence-corrected chi connectivity index (χ4v) is 10.6. The van der Waals surface area contributed by atoms with Crippen molar-refractivity contribution in [3.63, 3.8) is 0 Å². The molecule has 0 fully saturated rings. The second kappa shape index (κ2) is 18.4. The Morgan fingerprint density at radius 1 is 0.289 bits per heavy atom. The van der Waals surface area contributed by atoms with Gasteiger partial charge in [-0.1, -0.05) is 140 Å². The first-order valence-corrected chi connectivity index (χ1v) is 24.6. The lowest BCUT2D eigenvalue weighted by Gasteiger charge is -2.17. The first kappa shape index (κ1) is 44.7. The van der Waals surface area contributed by atoms with E-state index < -0.39 is 0 Å². The predicted molar refractivity (Wildman–Crippen MR) is 300 cm³/mol. The SMILES string of the molecule is N#Cc1cc(C#N)cc(-c2ccc3c4ccc(-c5cc(C#N)cc(C#N)c5)cc4n(-c4ccc(-c5cccc6c5c5ccccc5n6-c5ccccc5)cc4-c4nc(-c5ccccc5)nc(-c5ccccc5)n4)c3c2)c1. The Morgan fingerprint density at radius 3 is 1.30 bits per heavy atom. The van der Waals surface area contributed by atoms with Gasteiger partial charge in [-0.25, -0.2) is 15.0 Å². The number of nitrogens with zero attached hydrogens (tertiary/aromatic N) is 9. The van der Waals surface area contributed by atoms with Crippen LogP contribution < -0.4 is 0 Å². The highest BCUT2D eigenvalue weighted by molar-refractivity contribution is 6.16. The highest BCUT2D eigenvalue weighted by Crippen LogP contribution is 2.44. The molecule has 3 aromatic heterocycles. The van der Waals surface area contributed by atoms with E-state index in [0.717, 1.165) is 105 Å². The Kier molecular flexibility index (Phi) is 10.8. The van der Waals surface area contributed by atoms with Crippen LogP contribution in [0.25, 0.3) is 123 Å². The van der Waals surface area contributed by atoms with E-state index in [4.69, 9.17) is 15.0 Å². The molecule has 0 saturated heterocycles. The van der Waals surface area contributed by atoms with Crippen LogP contribution in [0.5, 0.6) is 0 Å². The number of benzene rings is 10. The summed E-state index contributed by atoms with van der Waals surface area (Å²) >= 11 is 0. The van der Waals surface area contributed by atoms with Gasteiger partial charge < -0.3 is 9.13 Å².